The minimum atomic E-state index is -3.42. The number of nitrogens with zero attached hydrogens (tertiary/aromatic N) is 2. The summed E-state index contributed by atoms with van der Waals surface area (Å²) in [5.74, 6) is 0.503. The highest BCUT2D eigenvalue weighted by Gasteiger charge is 2.24. The molecule has 31 heavy (non-hydrogen) atoms. The number of hydrogen-bond acceptors (Lipinski definition) is 5. The number of carbonyl (C=O) groups is 1. The monoisotopic (exact) mass is 567 g/mol. The van der Waals surface area contributed by atoms with Crippen LogP contribution in [0, 0.1) is 0 Å². The number of ether oxygens (including phenoxy) is 1. The van der Waals surface area contributed by atoms with Crippen LogP contribution in [0.4, 0.5) is 4.79 Å². The molecule has 1 aromatic carbocycles. The molecular weight excluding hydrogens is 533 g/mol. The molecule has 0 atom stereocenters. The molecule has 9 nitrogen and oxygen atoms in total. The van der Waals surface area contributed by atoms with E-state index in [1.54, 1.807) is 11.8 Å². The average Bonchev–Trinajstić information content (AvgIpc) is 2.74. The molecular formula is C20H34IN5O4S. The minimum Gasteiger partial charge on any atom is -0.450 e. The van der Waals surface area contributed by atoms with Crippen molar-refractivity contribution < 1.29 is 17.9 Å². The number of sulfonamides is 1. The number of hydrogen-bond donors (Lipinski definition) is 3. The maximum atomic E-state index is 12.2. The van der Waals surface area contributed by atoms with E-state index in [0.29, 0.717) is 32.2 Å². The summed E-state index contributed by atoms with van der Waals surface area (Å²) in [5.41, 5.74) is 0.911. The fourth-order valence-electron chi connectivity index (χ4n) is 3.07. The van der Waals surface area contributed by atoms with E-state index in [1.807, 2.05) is 37.3 Å². The Hall–Kier alpha value is -1.60. The maximum Gasteiger partial charge on any atom is 0.409 e. The lowest BCUT2D eigenvalue weighted by atomic mass is 10.1. The summed E-state index contributed by atoms with van der Waals surface area (Å²) in [5, 5.41) is 6.48. The van der Waals surface area contributed by atoms with Crippen molar-refractivity contribution in [2.75, 3.05) is 38.5 Å². The van der Waals surface area contributed by atoms with Crippen LogP contribution in [0.2, 0.25) is 0 Å². The normalized spacial score (nSPS) is 15.2. The Morgan fingerprint density at radius 3 is 2.48 bits per heavy atom. The van der Waals surface area contributed by atoms with Gasteiger partial charge < -0.3 is 20.3 Å². The number of rotatable bonds is 9. The Bertz CT molecular complexity index is 784. The second kappa shape index (κ2) is 14.5. The van der Waals surface area contributed by atoms with Gasteiger partial charge in [-0.05, 0) is 32.3 Å². The highest BCUT2D eigenvalue weighted by atomic mass is 127. The number of piperidine rings is 1. The summed E-state index contributed by atoms with van der Waals surface area (Å²) in [6, 6.07) is 9.56. The van der Waals surface area contributed by atoms with E-state index in [-0.39, 0.29) is 55.0 Å². The molecule has 11 heteroatoms. The van der Waals surface area contributed by atoms with Crippen molar-refractivity contribution in [1.82, 2.24) is 20.3 Å². The van der Waals surface area contributed by atoms with E-state index in [0.717, 1.165) is 18.4 Å². The number of benzene rings is 1. The fraction of sp³-hybridized carbons (Fsp3) is 0.600. The molecule has 0 aliphatic carbocycles. The zero-order chi connectivity index (χ0) is 21.8. The molecule has 1 saturated heterocycles. The number of likely N-dealkylation sites (tertiary alicyclic amines) is 1. The van der Waals surface area contributed by atoms with Crippen LogP contribution in [0.5, 0.6) is 0 Å². The van der Waals surface area contributed by atoms with Gasteiger partial charge in [0.1, 0.15) is 0 Å². The Kier molecular flexibility index (Phi) is 12.8. The molecule has 0 saturated carbocycles. The Morgan fingerprint density at radius 2 is 1.87 bits per heavy atom. The first-order valence-electron chi connectivity index (χ1n) is 10.4. The lowest BCUT2D eigenvalue weighted by molar-refractivity contribution is 0.0963. The van der Waals surface area contributed by atoms with Crippen LogP contribution in [0.1, 0.15) is 32.3 Å². The van der Waals surface area contributed by atoms with E-state index in [9.17, 15) is 13.2 Å². The van der Waals surface area contributed by atoms with Crippen LogP contribution < -0.4 is 15.4 Å². The standard InChI is InChI=1S/C20H33N5O4S.HI/c1-3-21-19(24-18-10-13-25(14-11-18)20(26)29-4-2)22-12-15-30(27,28)23-16-17-8-6-5-7-9-17;/h5-9,18,23H,3-4,10-16H2,1-2H3,(H2,21,22,24);1H. The third kappa shape index (κ3) is 10.5. The number of halogens is 1. The zero-order valence-electron chi connectivity index (χ0n) is 18.2. The van der Waals surface area contributed by atoms with Crippen molar-refractivity contribution in [2.24, 2.45) is 4.99 Å². The first-order valence-corrected chi connectivity index (χ1v) is 12.1. The van der Waals surface area contributed by atoms with Gasteiger partial charge in [-0.25, -0.2) is 17.9 Å². The number of amides is 1. The molecule has 0 spiro atoms. The molecule has 1 aliphatic heterocycles. The van der Waals surface area contributed by atoms with Crippen molar-refractivity contribution in [2.45, 2.75) is 39.3 Å². The number of nitrogens with one attached hydrogen (secondary N) is 3. The average molecular weight is 567 g/mol. The smallest absolute Gasteiger partial charge is 0.409 e. The van der Waals surface area contributed by atoms with Gasteiger partial charge in [-0.1, -0.05) is 30.3 Å². The molecule has 1 heterocycles. The molecule has 176 valence electrons. The van der Waals surface area contributed by atoms with Crippen LogP contribution in [-0.4, -0.2) is 70.0 Å². The summed E-state index contributed by atoms with van der Waals surface area (Å²) in [6.07, 6.45) is 1.28. The summed E-state index contributed by atoms with van der Waals surface area (Å²) in [7, 11) is -3.42. The van der Waals surface area contributed by atoms with Crippen molar-refractivity contribution in [3.8, 4) is 0 Å². The highest BCUT2D eigenvalue weighted by Crippen LogP contribution is 2.11. The van der Waals surface area contributed by atoms with Crippen molar-refractivity contribution in [1.29, 1.82) is 0 Å². The predicted octanol–water partition coefficient (Wildman–Crippen LogP) is 1.90. The largest absolute Gasteiger partial charge is 0.450 e. The second-order valence-electron chi connectivity index (χ2n) is 6.99. The predicted molar refractivity (Wildman–Crippen MR) is 133 cm³/mol. The maximum absolute atomic E-state index is 12.2. The quantitative estimate of drug-likeness (QED) is 0.239. The highest BCUT2D eigenvalue weighted by molar-refractivity contribution is 14.0. The SMILES string of the molecule is CCNC(=NCCS(=O)(=O)NCc1ccccc1)NC1CCN(C(=O)OCC)CC1.I. The molecule has 1 amide bonds. The number of guanidine groups is 1. The van der Waals surface area contributed by atoms with Gasteiger partial charge in [0.25, 0.3) is 0 Å². The fourth-order valence-corrected chi connectivity index (χ4v) is 3.94. The molecule has 0 aromatic heterocycles. The Balaban J connectivity index is 0.00000480. The van der Waals surface area contributed by atoms with Crippen LogP contribution in [0.25, 0.3) is 0 Å². The van der Waals surface area contributed by atoms with E-state index >= 15 is 0 Å². The summed E-state index contributed by atoms with van der Waals surface area (Å²) in [6.45, 7) is 6.46. The zero-order valence-corrected chi connectivity index (χ0v) is 21.3. The van der Waals surface area contributed by atoms with E-state index in [2.05, 4.69) is 20.3 Å². The first kappa shape index (κ1) is 27.4. The van der Waals surface area contributed by atoms with Crippen LogP contribution >= 0.6 is 24.0 Å². The van der Waals surface area contributed by atoms with Gasteiger partial charge in [-0.15, -0.1) is 24.0 Å². The van der Waals surface area contributed by atoms with E-state index in [4.69, 9.17) is 4.74 Å². The number of carbonyl (C=O) groups excluding carboxylic acids is 1. The van der Waals surface area contributed by atoms with Crippen LogP contribution in [0.15, 0.2) is 35.3 Å². The van der Waals surface area contributed by atoms with Crippen LogP contribution in [0.3, 0.4) is 0 Å². The molecule has 1 aromatic rings. The van der Waals surface area contributed by atoms with Gasteiger partial charge >= 0.3 is 6.09 Å². The van der Waals surface area contributed by atoms with Gasteiger partial charge in [0.05, 0.1) is 18.9 Å². The van der Waals surface area contributed by atoms with E-state index in [1.165, 1.54) is 0 Å². The van der Waals surface area contributed by atoms with Gasteiger partial charge in [0, 0.05) is 32.2 Å². The van der Waals surface area contributed by atoms with Crippen LogP contribution in [-0.2, 0) is 21.3 Å². The van der Waals surface area contributed by atoms with Crippen molar-refractivity contribution in [3.63, 3.8) is 0 Å². The van der Waals surface area contributed by atoms with Gasteiger partial charge in [-0.2, -0.15) is 0 Å². The molecule has 0 radical (unpaired) electrons. The third-order valence-corrected chi connectivity index (χ3v) is 5.98. The Labute approximate surface area is 202 Å². The molecule has 2 rings (SSSR count). The van der Waals surface area contributed by atoms with Gasteiger partial charge in [0.15, 0.2) is 5.96 Å². The summed E-state index contributed by atoms with van der Waals surface area (Å²) < 4.78 is 32.1. The first-order chi connectivity index (χ1) is 14.4. The summed E-state index contributed by atoms with van der Waals surface area (Å²) >= 11 is 0. The molecule has 1 fully saturated rings. The lowest BCUT2D eigenvalue weighted by Crippen LogP contribution is -2.50. The molecule has 1 aliphatic rings. The minimum absolute atomic E-state index is 0. The van der Waals surface area contributed by atoms with Crippen molar-refractivity contribution >= 4 is 46.1 Å². The topological polar surface area (TPSA) is 112 Å². The molecule has 0 unspecified atom stereocenters. The number of aliphatic imine (C=N–C) groups is 1. The molecule has 0 bridgehead atoms. The van der Waals surface area contributed by atoms with Crippen molar-refractivity contribution in [3.05, 3.63) is 35.9 Å². The van der Waals surface area contributed by atoms with Gasteiger partial charge in [-0.3, -0.25) is 4.99 Å². The van der Waals surface area contributed by atoms with E-state index < -0.39 is 10.0 Å². The summed E-state index contributed by atoms with van der Waals surface area (Å²) in [4.78, 5) is 17.9. The Morgan fingerprint density at radius 1 is 1.19 bits per heavy atom. The van der Waals surface area contributed by atoms with Gasteiger partial charge in [0.2, 0.25) is 10.0 Å². The molecule has 3 N–H and O–H groups in total. The lowest BCUT2D eigenvalue weighted by Gasteiger charge is -2.32. The third-order valence-electron chi connectivity index (χ3n) is 4.67. The second-order valence-corrected chi connectivity index (χ2v) is 8.92.